The highest BCUT2D eigenvalue weighted by molar-refractivity contribution is 14.1. The smallest absolute Gasteiger partial charge is 0.247 e. The van der Waals surface area contributed by atoms with Crippen LogP contribution in [0.1, 0.15) is 42.1 Å². The molecule has 0 bridgehead atoms. The number of carbonyl (C=O) groups is 3. The molecular weight excluding hydrogens is 647 g/mol. The zero-order valence-electron chi connectivity index (χ0n) is 22.8. The van der Waals surface area contributed by atoms with E-state index < -0.39 is 24.2 Å². The molecule has 11 nitrogen and oxygen atoms in total. The second kappa shape index (κ2) is 14.0. The van der Waals surface area contributed by atoms with Crippen LogP contribution >= 0.6 is 22.6 Å². The number of ether oxygens (including phenoxy) is 4. The van der Waals surface area contributed by atoms with Crippen LogP contribution in [-0.4, -0.2) is 78.5 Å². The van der Waals surface area contributed by atoms with E-state index in [0.29, 0.717) is 38.9 Å². The number of hydrogen-bond donors (Lipinski definition) is 3. The van der Waals surface area contributed by atoms with E-state index in [1.807, 2.05) is 35.6 Å². The number of nitrogens with one attached hydrogen (secondary N) is 1. The lowest BCUT2D eigenvalue weighted by molar-refractivity contribution is -0.139. The lowest BCUT2D eigenvalue weighted by Gasteiger charge is -2.40. The second-order valence-electron chi connectivity index (χ2n) is 9.63. The zero-order chi connectivity index (χ0) is 29.5. The summed E-state index contributed by atoms with van der Waals surface area (Å²) in [5.74, 6) is 1.13. The third kappa shape index (κ3) is 7.11. The normalized spacial score (nSPS) is 19.2. The molecule has 0 saturated heterocycles. The van der Waals surface area contributed by atoms with E-state index in [1.54, 1.807) is 23.1 Å². The van der Waals surface area contributed by atoms with Gasteiger partial charge in [0.05, 0.1) is 23.3 Å². The second-order valence-corrected chi connectivity index (χ2v) is 10.8. The van der Waals surface area contributed by atoms with Crippen molar-refractivity contribution in [3.63, 3.8) is 0 Å². The van der Waals surface area contributed by atoms with Gasteiger partial charge in [-0.05, 0) is 64.9 Å². The van der Waals surface area contributed by atoms with Gasteiger partial charge in [-0.3, -0.25) is 14.4 Å². The summed E-state index contributed by atoms with van der Waals surface area (Å²) in [7, 11) is 1.44. The number of rotatable bonds is 12. The Labute approximate surface area is 251 Å². The van der Waals surface area contributed by atoms with Gasteiger partial charge in [0, 0.05) is 37.1 Å². The molecule has 41 heavy (non-hydrogen) atoms. The zero-order valence-corrected chi connectivity index (χ0v) is 25.0. The number of aliphatic hydroxyl groups is 2. The molecule has 0 unspecified atom stereocenters. The molecule has 2 amide bonds. The van der Waals surface area contributed by atoms with E-state index in [2.05, 4.69) is 5.32 Å². The molecule has 0 fully saturated rings. The first kappa shape index (κ1) is 30.6. The van der Waals surface area contributed by atoms with Crippen LogP contribution in [0.2, 0.25) is 0 Å². The highest BCUT2D eigenvalue weighted by atomic mass is 127. The fraction of sp³-hybridized carbons (Fsp3) is 0.414. The van der Waals surface area contributed by atoms with E-state index in [1.165, 1.54) is 19.3 Å². The summed E-state index contributed by atoms with van der Waals surface area (Å²) in [4.78, 5) is 39.5. The summed E-state index contributed by atoms with van der Waals surface area (Å²) in [5.41, 5.74) is 1.46. The standard InChI is InChI=1S/C29H33IN2O9/c1-3-4-26(35)32(14-17-5-6-22-23(10-17)40-16-39-22)21-12-19(29(37)31-7-8-33)13-24(27(21)36)41-28-20(30)9-18(15-34)11-25(28)38-2/h5-6,9-11,13,15,21,24,27,33,36H,3-4,7-8,12,14,16H2,1-2H3,(H,31,37)/t21-,24+,27+/m1/s1. The van der Waals surface area contributed by atoms with Crippen LogP contribution in [0.4, 0.5) is 0 Å². The van der Waals surface area contributed by atoms with Crippen LogP contribution in [-0.2, 0) is 16.1 Å². The molecule has 220 valence electrons. The first-order chi connectivity index (χ1) is 19.8. The third-order valence-corrected chi connectivity index (χ3v) is 7.63. The summed E-state index contributed by atoms with van der Waals surface area (Å²) in [5, 5.41) is 23.5. The first-order valence-electron chi connectivity index (χ1n) is 13.2. The molecule has 2 aromatic rings. The van der Waals surface area contributed by atoms with Crippen LogP contribution in [0.5, 0.6) is 23.0 Å². The van der Waals surface area contributed by atoms with Crippen molar-refractivity contribution in [3.8, 4) is 23.0 Å². The SMILES string of the molecule is CCCC(=O)N(Cc1ccc2c(c1)OCO2)[C@@H]1CC(C(=O)NCCO)=C[C@H](Oc2c(I)cc(C=O)cc2OC)[C@H]1O. The maximum atomic E-state index is 13.5. The third-order valence-electron chi connectivity index (χ3n) is 6.83. The van der Waals surface area contributed by atoms with Gasteiger partial charge in [-0.1, -0.05) is 13.0 Å². The van der Waals surface area contributed by atoms with Crippen molar-refractivity contribution in [2.75, 3.05) is 27.1 Å². The summed E-state index contributed by atoms with van der Waals surface area (Å²) < 4.78 is 23.2. The van der Waals surface area contributed by atoms with Crippen LogP contribution in [0, 0.1) is 3.57 Å². The number of methoxy groups -OCH3 is 1. The Bertz CT molecular complexity index is 1320. The molecule has 1 heterocycles. The average molecular weight is 680 g/mol. The van der Waals surface area contributed by atoms with Gasteiger partial charge in [-0.2, -0.15) is 0 Å². The van der Waals surface area contributed by atoms with Gasteiger partial charge < -0.3 is 39.4 Å². The number of benzene rings is 2. The molecule has 0 spiro atoms. The minimum Gasteiger partial charge on any atom is -0.493 e. The Kier molecular flexibility index (Phi) is 10.5. The number of aldehydes is 1. The monoisotopic (exact) mass is 680 g/mol. The molecular formula is C29H33IN2O9. The summed E-state index contributed by atoms with van der Waals surface area (Å²) >= 11 is 2.01. The molecule has 12 heteroatoms. The minimum atomic E-state index is -1.22. The number of nitrogens with zero attached hydrogens (tertiary/aromatic N) is 1. The molecule has 3 atom stereocenters. The van der Waals surface area contributed by atoms with Gasteiger partial charge in [-0.25, -0.2) is 0 Å². The van der Waals surface area contributed by atoms with Crippen molar-refractivity contribution in [2.24, 2.45) is 0 Å². The van der Waals surface area contributed by atoms with Gasteiger partial charge in [0.2, 0.25) is 18.6 Å². The van der Waals surface area contributed by atoms with E-state index in [9.17, 15) is 24.6 Å². The molecule has 2 aromatic carbocycles. The number of hydrogen-bond acceptors (Lipinski definition) is 9. The number of fused-ring (bicyclic) bond motifs is 1. The molecule has 0 radical (unpaired) electrons. The number of carbonyl (C=O) groups excluding carboxylic acids is 3. The predicted octanol–water partition coefficient (Wildman–Crippen LogP) is 2.59. The van der Waals surface area contributed by atoms with Gasteiger partial charge >= 0.3 is 0 Å². The molecule has 0 aromatic heterocycles. The van der Waals surface area contributed by atoms with Crippen LogP contribution in [0.15, 0.2) is 42.0 Å². The van der Waals surface area contributed by atoms with Crippen LogP contribution in [0.25, 0.3) is 0 Å². The fourth-order valence-corrected chi connectivity index (χ4v) is 5.57. The van der Waals surface area contributed by atoms with Crippen molar-refractivity contribution in [2.45, 2.75) is 51.0 Å². The lowest BCUT2D eigenvalue weighted by Crippen LogP contribution is -2.54. The predicted molar refractivity (Wildman–Crippen MR) is 156 cm³/mol. The molecule has 1 aliphatic carbocycles. The highest BCUT2D eigenvalue weighted by Gasteiger charge is 2.41. The van der Waals surface area contributed by atoms with Crippen molar-refractivity contribution in [1.29, 1.82) is 0 Å². The van der Waals surface area contributed by atoms with Crippen LogP contribution < -0.4 is 24.3 Å². The number of aliphatic hydroxyl groups excluding tert-OH is 2. The summed E-state index contributed by atoms with van der Waals surface area (Å²) in [6.07, 6.45) is 0.867. The topological polar surface area (TPSA) is 144 Å². The van der Waals surface area contributed by atoms with Gasteiger partial charge in [0.1, 0.15) is 18.5 Å². The molecule has 1 aliphatic heterocycles. The van der Waals surface area contributed by atoms with E-state index in [0.717, 1.165) is 5.56 Å². The molecule has 3 N–H and O–H groups in total. The average Bonchev–Trinajstić information content (AvgIpc) is 3.44. The van der Waals surface area contributed by atoms with E-state index >= 15 is 0 Å². The maximum Gasteiger partial charge on any atom is 0.247 e. The number of halogens is 1. The summed E-state index contributed by atoms with van der Waals surface area (Å²) in [6.45, 7) is 1.97. The minimum absolute atomic E-state index is 0.0451. The Hall–Kier alpha value is -3.36. The Morgan fingerprint density at radius 1 is 1.22 bits per heavy atom. The molecule has 0 saturated carbocycles. The van der Waals surface area contributed by atoms with Crippen molar-refractivity contribution in [3.05, 3.63) is 56.7 Å². The highest BCUT2D eigenvalue weighted by Crippen LogP contribution is 2.38. The first-order valence-corrected chi connectivity index (χ1v) is 14.3. The largest absolute Gasteiger partial charge is 0.493 e. The number of amides is 2. The Morgan fingerprint density at radius 2 is 2.00 bits per heavy atom. The maximum absolute atomic E-state index is 13.5. The van der Waals surface area contributed by atoms with Crippen LogP contribution in [0.3, 0.4) is 0 Å². The van der Waals surface area contributed by atoms with E-state index in [-0.39, 0.29) is 56.7 Å². The van der Waals surface area contributed by atoms with Gasteiger partial charge in [0.25, 0.3) is 0 Å². The molecule has 2 aliphatic rings. The Morgan fingerprint density at radius 3 is 2.71 bits per heavy atom. The fourth-order valence-electron chi connectivity index (χ4n) is 4.82. The lowest BCUT2D eigenvalue weighted by atomic mass is 9.87. The summed E-state index contributed by atoms with van der Waals surface area (Å²) in [6, 6.07) is 7.72. The van der Waals surface area contributed by atoms with Gasteiger partial charge in [0.15, 0.2) is 23.0 Å². The Balaban J connectivity index is 1.71. The van der Waals surface area contributed by atoms with Crippen molar-refractivity contribution < 1.29 is 43.5 Å². The van der Waals surface area contributed by atoms with Gasteiger partial charge in [-0.15, -0.1) is 0 Å². The van der Waals surface area contributed by atoms with Crippen molar-refractivity contribution in [1.82, 2.24) is 10.2 Å². The quantitative estimate of drug-likeness (QED) is 0.228. The molecule has 4 rings (SSSR count). The van der Waals surface area contributed by atoms with E-state index in [4.69, 9.17) is 18.9 Å². The van der Waals surface area contributed by atoms with Crippen molar-refractivity contribution >= 4 is 40.7 Å².